The third-order valence-corrected chi connectivity index (χ3v) is 1.73. The van der Waals surface area contributed by atoms with Crippen LogP contribution in [0.25, 0.3) is 0 Å². The summed E-state index contributed by atoms with van der Waals surface area (Å²) in [4.78, 5) is 0. The highest BCUT2D eigenvalue weighted by atomic mass is 79.9. The second kappa shape index (κ2) is 3.01. The van der Waals surface area contributed by atoms with Crippen LogP contribution in [0.2, 0.25) is 0 Å². The van der Waals surface area contributed by atoms with Gasteiger partial charge in [-0.25, -0.2) is 0 Å². The molecule has 54 valence electrons. The van der Waals surface area contributed by atoms with Crippen molar-refractivity contribution >= 4 is 21.6 Å². The molecule has 0 unspecified atom stereocenters. The Morgan fingerprint density at radius 2 is 2.00 bits per heavy atom. The van der Waals surface area contributed by atoms with Crippen molar-refractivity contribution in [1.82, 2.24) is 0 Å². The molecule has 0 aliphatic heterocycles. The number of anilines is 1. The monoisotopic (exact) mass is 202 g/mol. The molecule has 0 aromatic heterocycles. The second-order valence-corrected chi connectivity index (χ2v) is 2.58. The number of rotatable bonds is 1. The van der Waals surface area contributed by atoms with Crippen LogP contribution in [-0.2, 0) is 0 Å². The quantitative estimate of drug-likeness (QED) is 0.711. The summed E-state index contributed by atoms with van der Waals surface area (Å²) in [6.07, 6.45) is 0. The largest absolute Gasteiger partial charge is 0.733 e. The summed E-state index contributed by atoms with van der Waals surface area (Å²) < 4.78 is 0.576. The molecule has 3 nitrogen and oxygen atoms in total. The van der Waals surface area contributed by atoms with Gasteiger partial charge in [-0.1, -0.05) is 12.1 Å². The summed E-state index contributed by atoms with van der Waals surface area (Å²) in [6, 6.07) is 6.62. The van der Waals surface area contributed by atoms with Crippen molar-refractivity contribution in [1.29, 1.82) is 0 Å². The predicted molar refractivity (Wildman–Crippen MR) is 41.8 cm³/mol. The van der Waals surface area contributed by atoms with E-state index in [1.807, 2.05) is 0 Å². The Bertz CT molecular complexity index is 227. The maximum atomic E-state index is 10.3. The lowest BCUT2D eigenvalue weighted by atomic mass is 10.3. The van der Waals surface area contributed by atoms with Crippen LogP contribution in [0, 0.1) is 5.21 Å². The minimum absolute atomic E-state index is 0.177. The summed E-state index contributed by atoms with van der Waals surface area (Å²) in [7, 11) is 0. The smallest absolute Gasteiger partial charge is 0.0650 e. The van der Waals surface area contributed by atoms with E-state index in [4.69, 9.17) is 5.21 Å². The lowest BCUT2D eigenvalue weighted by Gasteiger charge is -2.22. The molecule has 0 amide bonds. The fourth-order valence-electron chi connectivity index (χ4n) is 0.607. The molecule has 0 bridgehead atoms. The van der Waals surface area contributed by atoms with E-state index in [1.165, 1.54) is 6.07 Å². The molecule has 0 heterocycles. The Morgan fingerprint density at radius 1 is 1.40 bits per heavy atom. The molecule has 0 atom stereocenters. The Morgan fingerprint density at radius 3 is 2.40 bits per heavy atom. The van der Waals surface area contributed by atoms with Crippen molar-refractivity contribution in [3.8, 4) is 0 Å². The van der Waals surface area contributed by atoms with Gasteiger partial charge in [0.1, 0.15) is 0 Å². The van der Waals surface area contributed by atoms with E-state index in [1.54, 1.807) is 18.2 Å². The molecule has 0 spiro atoms. The third-order valence-electron chi connectivity index (χ3n) is 1.06. The van der Waals surface area contributed by atoms with Crippen molar-refractivity contribution in [3.63, 3.8) is 0 Å². The molecule has 10 heavy (non-hydrogen) atoms. The van der Waals surface area contributed by atoms with Crippen LogP contribution < -0.4 is 5.23 Å². The normalized spacial score (nSPS) is 9.50. The highest BCUT2D eigenvalue weighted by Gasteiger charge is 1.95. The molecule has 0 radical (unpaired) electrons. The topological polar surface area (TPSA) is 46.5 Å². The summed E-state index contributed by atoms with van der Waals surface area (Å²) in [5.41, 5.74) is 0.211. The van der Waals surface area contributed by atoms with Gasteiger partial charge in [-0.15, -0.1) is 0 Å². The second-order valence-electron chi connectivity index (χ2n) is 1.72. The van der Waals surface area contributed by atoms with E-state index >= 15 is 0 Å². The Labute approximate surface area is 66.6 Å². The summed E-state index contributed by atoms with van der Waals surface area (Å²) in [6.45, 7) is 0. The molecule has 0 fully saturated rings. The fourth-order valence-corrected chi connectivity index (χ4v) is 1.04. The van der Waals surface area contributed by atoms with Crippen LogP contribution in [0.1, 0.15) is 0 Å². The standard InChI is InChI=1S/C6H5BrNO2/c7-5-3-1-2-4-6(5)8(9)10/h1-4,9H/q-1. The molecule has 4 heteroatoms. The number of hydrogen-bond donors (Lipinski definition) is 1. The van der Waals surface area contributed by atoms with Crippen LogP contribution in [-0.4, -0.2) is 5.21 Å². The Hall–Kier alpha value is -0.580. The average molecular weight is 203 g/mol. The molecule has 0 aliphatic rings. The van der Waals surface area contributed by atoms with E-state index < -0.39 is 0 Å². The van der Waals surface area contributed by atoms with Crippen LogP contribution in [0.4, 0.5) is 5.69 Å². The zero-order chi connectivity index (χ0) is 7.56. The van der Waals surface area contributed by atoms with Gasteiger partial charge in [0.2, 0.25) is 0 Å². The first kappa shape index (κ1) is 7.53. The van der Waals surface area contributed by atoms with Gasteiger partial charge in [-0.3, -0.25) is 5.21 Å². The first-order chi connectivity index (χ1) is 4.72. The third kappa shape index (κ3) is 1.47. The molecular formula is C6H5BrNO2-. The van der Waals surface area contributed by atoms with Crippen molar-refractivity contribution in [2.45, 2.75) is 0 Å². The van der Waals surface area contributed by atoms with E-state index in [0.717, 1.165) is 0 Å². The number of para-hydroxylation sites is 1. The molecule has 0 aliphatic carbocycles. The first-order valence-electron chi connectivity index (χ1n) is 2.62. The van der Waals surface area contributed by atoms with Crippen LogP contribution in [0.5, 0.6) is 0 Å². The minimum Gasteiger partial charge on any atom is -0.733 e. The fraction of sp³-hybridized carbons (Fsp3) is 0. The van der Waals surface area contributed by atoms with Gasteiger partial charge in [0, 0.05) is 4.47 Å². The predicted octanol–water partition coefficient (Wildman–Crippen LogP) is 2.14. The lowest BCUT2D eigenvalue weighted by Crippen LogP contribution is -2.07. The Kier molecular flexibility index (Phi) is 2.26. The lowest BCUT2D eigenvalue weighted by molar-refractivity contribution is 0.296. The number of nitrogens with zero attached hydrogens (tertiary/aromatic N) is 1. The summed E-state index contributed by atoms with van der Waals surface area (Å²) in [5, 5.41) is 18.6. The summed E-state index contributed by atoms with van der Waals surface area (Å²) in [5.74, 6) is 0. The maximum Gasteiger partial charge on any atom is 0.0650 e. The minimum atomic E-state index is -0.177. The SMILES string of the molecule is [O-]N(O)c1ccccc1Br. The van der Waals surface area contributed by atoms with Crippen LogP contribution >= 0.6 is 15.9 Å². The van der Waals surface area contributed by atoms with Crippen molar-refractivity contribution in [2.75, 3.05) is 5.23 Å². The highest BCUT2D eigenvalue weighted by Crippen LogP contribution is 2.23. The Balaban J connectivity index is 3.03. The van der Waals surface area contributed by atoms with E-state index in [-0.39, 0.29) is 10.9 Å². The van der Waals surface area contributed by atoms with E-state index in [9.17, 15) is 5.21 Å². The van der Waals surface area contributed by atoms with Crippen molar-refractivity contribution < 1.29 is 5.21 Å². The van der Waals surface area contributed by atoms with Crippen LogP contribution in [0.3, 0.4) is 0 Å². The van der Waals surface area contributed by atoms with Gasteiger partial charge in [0.25, 0.3) is 0 Å². The summed E-state index contributed by atoms with van der Waals surface area (Å²) >= 11 is 3.10. The molecule has 1 aromatic rings. The molecule has 1 aromatic carbocycles. The highest BCUT2D eigenvalue weighted by molar-refractivity contribution is 9.10. The van der Waals surface area contributed by atoms with Gasteiger partial charge in [0.15, 0.2) is 0 Å². The molecular weight excluding hydrogens is 198 g/mol. The maximum absolute atomic E-state index is 10.3. The zero-order valence-electron chi connectivity index (χ0n) is 4.99. The number of benzene rings is 1. The van der Waals surface area contributed by atoms with Crippen molar-refractivity contribution in [3.05, 3.63) is 33.9 Å². The van der Waals surface area contributed by atoms with E-state index in [2.05, 4.69) is 15.9 Å². The number of halogens is 1. The number of hydrogen-bond acceptors (Lipinski definition) is 3. The van der Waals surface area contributed by atoms with Gasteiger partial charge < -0.3 is 10.4 Å². The van der Waals surface area contributed by atoms with Gasteiger partial charge in [0.05, 0.1) is 5.69 Å². The molecule has 0 saturated carbocycles. The van der Waals surface area contributed by atoms with Crippen LogP contribution in [0.15, 0.2) is 28.7 Å². The van der Waals surface area contributed by atoms with Crippen molar-refractivity contribution in [2.24, 2.45) is 0 Å². The molecule has 1 rings (SSSR count). The van der Waals surface area contributed by atoms with Gasteiger partial charge in [-0.05, 0) is 28.1 Å². The molecule has 1 N–H and O–H groups in total. The van der Waals surface area contributed by atoms with E-state index in [0.29, 0.717) is 4.47 Å². The zero-order valence-corrected chi connectivity index (χ0v) is 6.58. The van der Waals surface area contributed by atoms with Gasteiger partial charge >= 0.3 is 0 Å². The van der Waals surface area contributed by atoms with Gasteiger partial charge in [-0.2, -0.15) is 0 Å². The first-order valence-corrected chi connectivity index (χ1v) is 3.42. The average Bonchev–Trinajstić information content (AvgIpc) is 1.88. The molecule has 0 saturated heterocycles.